The Labute approximate surface area is 174 Å². The molecule has 7 nitrogen and oxygen atoms in total. The largest absolute Gasteiger partial charge is 0.370 e. The van der Waals surface area contributed by atoms with Gasteiger partial charge in [0, 0.05) is 30.0 Å². The lowest BCUT2D eigenvalue weighted by atomic mass is 10.1. The number of carbonyl (C=O) groups excluding carboxylic acids is 1. The number of aryl methyl sites for hydroxylation is 2. The van der Waals surface area contributed by atoms with Gasteiger partial charge in [0.1, 0.15) is 0 Å². The Balaban J connectivity index is 1.56. The summed E-state index contributed by atoms with van der Waals surface area (Å²) in [5.74, 6) is 0.524. The highest BCUT2D eigenvalue weighted by molar-refractivity contribution is 7.98. The molecule has 0 radical (unpaired) electrons. The number of thioether (sulfide) groups is 1. The second-order valence-corrected chi connectivity index (χ2v) is 8.13. The van der Waals surface area contributed by atoms with Gasteiger partial charge in [-0.15, -0.1) is 5.10 Å². The summed E-state index contributed by atoms with van der Waals surface area (Å²) in [6.07, 6.45) is 5.86. The quantitative estimate of drug-likeness (QED) is 0.648. The second-order valence-electron chi connectivity index (χ2n) is 7.36. The van der Waals surface area contributed by atoms with Crippen LogP contribution < -0.4 is 10.2 Å². The van der Waals surface area contributed by atoms with E-state index in [9.17, 15) is 4.79 Å². The molecule has 1 aliphatic heterocycles. The number of para-hydroxylation sites is 2. The van der Waals surface area contributed by atoms with E-state index in [1.54, 1.807) is 4.52 Å². The third-order valence-corrected chi connectivity index (χ3v) is 5.96. The normalized spacial score (nSPS) is 14.4. The molecule has 1 amide bonds. The SMILES string of the molecule is CSc1nc2nc(C)c(CC(=O)Nc3ccccc3N3CCCCC3)c(C)n2n1. The zero-order chi connectivity index (χ0) is 20.4. The van der Waals surface area contributed by atoms with Crippen molar-refractivity contribution in [3.8, 4) is 0 Å². The van der Waals surface area contributed by atoms with Gasteiger partial charge in [-0.05, 0) is 51.5 Å². The lowest BCUT2D eigenvalue weighted by Crippen LogP contribution is -2.30. The fourth-order valence-corrected chi connectivity index (χ4v) is 4.21. The molecule has 0 spiro atoms. The summed E-state index contributed by atoms with van der Waals surface area (Å²) < 4.78 is 1.73. The molecule has 0 aliphatic carbocycles. The highest BCUT2D eigenvalue weighted by Gasteiger charge is 2.18. The predicted molar refractivity (Wildman–Crippen MR) is 117 cm³/mol. The molecule has 4 rings (SSSR count). The molecule has 152 valence electrons. The van der Waals surface area contributed by atoms with Gasteiger partial charge in [-0.25, -0.2) is 9.50 Å². The Bertz CT molecular complexity index is 1040. The molecule has 3 heterocycles. The number of hydrogen-bond acceptors (Lipinski definition) is 6. The van der Waals surface area contributed by atoms with E-state index in [1.165, 1.54) is 31.0 Å². The van der Waals surface area contributed by atoms with E-state index < -0.39 is 0 Å². The van der Waals surface area contributed by atoms with Crippen molar-refractivity contribution in [2.45, 2.75) is 44.7 Å². The van der Waals surface area contributed by atoms with Crippen molar-refractivity contribution in [2.75, 3.05) is 29.6 Å². The molecular weight excluding hydrogens is 384 g/mol. The summed E-state index contributed by atoms with van der Waals surface area (Å²) in [6.45, 7) is 5.96. The summed E-state index contributed by atoms with van der Waals surface area (Å²) in [7, 11) is 0. The van der Waals surface area contributed by atoms with Crippen LogP contribution in [-0.4, -0.2) is 44.8 Å². The zero-order valence-electron chi connectivity index (χ0n) is 17.1. The highest BCUT2D eigenvalue weighted by Crippen LogP contribution is 2.28. The van der Waals surface area contributed by atoms with Crippen molar-refractivity contribution < 1.29 is 4.79 Å². The summed E-state index contributed by atoms with van der Waals surface area (Å²) in [4.78, 5) is 24.2. The number of hydrogen-bond donors (Lipinski definition) is 1. The van der Waals surface area contributed by atoms with Crippen LogP contribution in [0.25, 0.3) is 5.78 Å². The second kappa shape index (κ2) is 8.41. The Morgan fingerprint density at radius 2 is 1.90 bits per heavy atom. The summed E-state index contributed by atoms with van der Waals surface area (Å²) in [5, 5.41) is 8.26. The monoisotopic (exact) mass is 410 g/mol. The Morgan fingerprint density at radius 3 is 2.66 bits per heavy atom. The van der Waals surface area contributed by atoms with Crippen molar-refractivity contribution in [3.63, 3.8) is 0 Å². The van der Waals surface area contributed by atoms with E-state index in [-0.39, 0.29) is 12.3 Å². The van der Waals surface area contributed by atoms with Crippen LogP contribution in [0.15, 0.2) is 29.4 Å². The number of nitrogens with one attached hydrogen (secondary N) is 1. The molecule has 1 saturated heterocycles. The number of amides is 1. The lowest BCUT2D eigenvalue weighted by Gasteiger charge is -2.30. The minimum absolute atomic E-state index is 0.0491. The van der Waals surface area contributed by atoms with Crippen LogP contribution in [0.2, 0.25) is 0 Å². The van der Waals surface area contributed by atoms with Crippen LogP contribution in [0.3, 0.4) is 0 Å². The first-order chi connectivity index (χ1) is 14.1. The van der Waals surface area contributed by atoms with Gasteiger partial charge >= 0.3 is 0 Å². The molecule has 8 heteroatoms. The van der Waals surface area contributed by atoms with Gasteiger partial charge in [0.25, 0.3) is 5.78 Å². The van der Waals surface area contributed by atoms with E-state index in [0.29, 0.717) is 10.9 Å². The molecule has 2 aromatic heterocycles. The van der Waals surface area contributed by atoms with Crippen molar-refractivity contribution in [1.82, 2.24) is 19.6 Å². The number of aromatic nitrogens is 4. The molecule has 1 fully saturated rings. The average Bonchev–Trinajstić information content (AvgIpc) is 3.15. The van der Waals surface area contributed by atoms with Crippen molar-refractivity contribution in [3.05, 3.63) is 41.2 Å². The minimum Gasteiger partial charge on any atom is -0.370 e. The zero-order valence-corrected chi connectivity index (χ0v) is 17.9. The molecule has 0 saturated carbocycles. The van der Waals surface area contributed by atoms with Crippen molar-refractivity contribution >= 4 is 34.8 Å². The first kappa shape index (κ1) is 19.7. The number of benzene rings is 1. The lowest BCUT2D eigenvalue weighted by molar-refractivity contribution is -0.115. The van der Waals surface area contributed by atoms with Gasteiger partial charge in [-0.3, -0.25) is 4.79 Å². The van der Waals surface area contributed by atoms with Gasteiger partial charge in [-0.2, -0.15) is 4.98 Å². The van der Waals surface area contributed by atoms with Crippen LogP contribution in [0, 0.1) is 13.8 Å². The highest BCUT2D eigenvalue weighted by atomic mass is 32.2. The minimum atomic E-state index is -0.0491. The fourth-order valence-electron chi connectivity index (χ4n) is 3.88. The fraction of sp³-hybridized carbons (Fsp3) is 0.429. The van der Waals surface area contributed by atoms with Gasteiger partial charge in [-0.1, -0.05) is 23.9 Å². The van der Waals surface area contributed by atoms with E-state index >= 15 is 0 Å². The first-order valence-corrected chi connectivity index (χ1v) is 11.2. The van der Waals surface area contributed by atoms with Crippen LogP contribution in [0.4, 0.5) is 11.4 Å². The smallest absolute Gasteiger partial charge is 0.253 e. The topological polar surface area (TPSA) is 75.4 Å². The maximum atomic E-state index is 12.9. The summed E-state index contributed by atoms with van der Waals surface area (Å²) >= 11 is 1.48. The molecule has 1 aliphatic rings. The van der Waals surface area contributed by atoms with Crippen LogP contribution in [0.1, 0.15) is 36.2 Å². The Morgan fingerprint density at radius 1 is 1.14 bits per heavy atom. The first-order valence-electron chi connectivity index (χ1n) is 9.97. The van der Waals surface area contributed by atoms with Crippen LogP contribution in [0.5, 0.6) is 0 Å². The third kappa shape index (κ3) is 4.07. The van der Waals surface area contributed by atoms with Crippen molar-refractivity contribution in [1.29, 1.82) is 0 Å². The maximum Gasteiger partial charge on any atom is 0.253 e. The van der Waals surface area contributed by atoms with E-state index in [4.69, 9.17) is 0 Å². The number of fused-ring (bicyclic) bond motifs is 1. The Kier molecular flexibility index (Phi) is 5.71. The molecule has 29 heavy (non-hydrogen) atoms. The summed E-state index contributed by atoms with van der Waals surface area (Å²) in [6, 6.07) is 8.06. The molecule has 3 aromatic rings. The van der Waals surface area contributed by atoms with E-state index in [1.807, 2.05) is 38.3 Å². The Hall–Kier alpha value is -2.61. The number of nitrogens with zero attached hydrogens (tertiary/aromatic N) is 5. The van der Waals surface area contributed by atoms with E-state index in [0.717, 1.165) is 41.4 Å². The van der Waals surface area contributed by atoms with Gasteiger partial charge in [0.15, 0.2) is 0 Å². The third-order valence-electron chi connectivity index (χ3n) is 5.42. The molecule has 1 aromatic carbocycles. The molecule has 0 bridgehead atoms. The molecule has 0 unspecified atom stereocenters. The van der Waals surface area contributed by atoms with Gasteiger partial charge in [0.2, 0.25) is 11.1 Å². The van der Waals surface area contributed by atoms with E-state index in [2.05, 4.69) is 31.3 Å². The number of anilines is 2. The van der Waals surface area contributed by atoms with Gasteiger partial charge in [0.05, 0.1) is 17.8 Å². The summed E-state index contributed by atoms with van der Waals surface area (Å²) in [5.41, 5.74) is 4.58. The molecule has 1 N–H and O–H groups in total. The maximum absolute atomic E-state index is 12.9. The van der Waals surface area contributed by atoms with Crippen LogP contribution in [-0.2, 0) is 11.2 Å². The van der Waals surface area contributed by atoms with Crippen molar-refractivity contribution in [2.24, 2.45) is 0 Å². The molecule has 0 atom stereocenters. The standard InChI is InChI=1S/C21H26N6OS/c1-14-16(15(2)27-20(22-14)24-21(25-27)29-3)13-19(28)23-17-9-5-6-10-18(17)26-11-7-4-8-12-26/h5-6,9-10H,4,7-8,11-13H2,1-3H3,(H,23,28). The average molecular weight is 411 g/mol. The number of piperidine rings is 1. The predicted octanol–water partition coefficient (Wildman–Crippen LogP) is 3.63. The molecular formula is C21H26N6OS. The van der Waals surface area contributed by atoms with Crippen LogP contribution >= 0.6 is 11.8 Å². The number of carbonyl (C=O) groups is 1. The number of rotatable bonds is 5. The van der Waals surface area contributed by atoms with Gasteiger partial charge < -0.3 is 10.2 Å².